The molecule has 29 heavy (non-hydrogen) atoms. The topological polar surface area (TPSA) is 54.4 Å². The summed E-state index contributed by atoms with van der Waals surface area (Å²) in [5.74, 6) is 1.15. The second kappa shape index (κ2) is 8.70. The molecule has 1 aliphatic heterocycles. The van der Waals surface area contributed by atoms with Gasteiger partial charge in [-0.25, -0.2) is 4.98 Å². The molecule has 1 aromatic heterocycles. The maximum Gasteiger partial charge on any atom is 0.220 e. The van der Waals surface area contributed by atoms with E-state index in [1.807, 2.05) is 25.1 Å². The van der Waals surface area contributed by atoms with Crippen LogP contribution >= 0.6 is 11.6 Å². The number of ether oxygens (including phenoxy) is 1. The van der Waals surface area contributed by atoms with E-state index in [0.29, 0.717) is 29.1 Å². The zero-order valence-electron chi connectivity index (χ0n) is 16.9. The van der Waals surface area contributed by atoms with Crippen LogP contribution < -0.4 is 10.1 Å². The average molecular weight is 411 g/mol. The van der Waals surface area contributed by atoms with Crippen LogP contribution in [0.5, 0.6) is 11.6 Å². The quantitative estimate of drug-likeness (QED) is 0.552. The van der Waals surface area contributed by atoms with E-state index in [2.05, 4.69) is 24.4 Å². The molecule has 0 amide bonds. The van der Waals surface area contributed by atoms with Crippen LogP contribution in [-0.4, -0.2) is 22.7 Å². The van der Waals surface area contributed by atoms with E-state index in [1.165, 1.54) is 12.8 Å². The number of nitrogens with zero attached hydrogens (tertiary/aromatic N) is 1. The standard InChI is InChI=1S/C24H27ClN2O2/c1-15-11-16(2)24-21(12-15)20(22(28)13-18-5-3-4-10-26-18)14-23(27-24)29-19-8-6-17(25)7-9-19/h6-9,11-12,14,18,22,26,28H,3-5,10,13H2,1-2H3. The molecule has 1 saturated heterocycles. The number of aryl methyl sites for hydroxylation is 2. The third-order valence-electron chi connectivity index (χ3n) is 5.57. The smallest absolute Gasteiger partial charge is 0.220 e. The molecule has 2 aromatic carbocycles. The molecule has 0 aliphatic carbocycles. The number of aromatic nitrogens is 1. The number of pyridine rings is 1. The zero-order chi connectivity index (χ0) is 20.4. The van der Waals surface area contributed by atoms with Gasteiger partial charge in [0.15, 0.2) is 0 Å². The first kappa shape index (κ1) is 20.1. The Morgan fingerprint density at radius 2 is 1.97 bits per heavy atom. The molecular weight excluding hydrogens is 384 g/mol. The van der Waals surface area contributed by atoms with Gasteiger partial charge >= 0.3 is 0 Å². The molecule has 4 rings (SSSR count). The van der Waals surface area contributed by atoms with Gasteiger partial charge < -0.3 is 15.2 Å². The number of hydrogen-bond acceptors (Lipinski definition) is 4. The number of nitrogens with one attached hydrogen (secondary N) is 1. The minimum Gasteiger partial charge on any atom is -0.439 e. The second-order valence-electron chi connectivity index (χ2n) is 7.98. The van der Waals surface area contributed by atoms with Crippen molar-refractivity contribution in [3.63, 3.8) is 0 Å². The zero-order valence-corrected chi connectivity index (χ0v) is 17.7. The maximum absolute atomic E-state index is 11.1. The van der Waals surface area contributed by atoms with Crippen LogP contribution in [0.3, 0.4) is 0 Å². The number of aliphatic hydroxyl groups excluding tert-OH is 1. The van der Waals surface area contributed by atoms with Gasteiger partial charge in [0.05, 0.1) is 11.6 Å². The van der Waals surface area contributed by atoms with Crippen molar-refractivity contribution in [3.8, 4) is 11.6 Å². The summed E-state index contributed by atoms with van der Waals surface area (Å²) in [5, 5.41) is 16.3. The predicted octanol–water partition coefficient (Wildman–Crippen LogP) is 5.86. The molecule has 0 bridgehead atoms. The summed E-state index contributed by atoms with van der Waals surface area (Å²) < 4.78 is 6.01. The third-order valence-corrected chi connectivity index (χ3v) is 5.82. The first-order valence-corrected chi connectivity index (χ1v) is 10.6. The van der Waals surface area contributed by atoms with Gasteiger partial charge in [-0.1, -0.05) is 29.7 Å². The minimum absolute atomic E-state index is 0.341. The van der Waals surface area contributed by atoms with Crippen LogP contribution in [0.4, 0.5) is 0 Å². The van der Waals surface area contributed by atoms with Crippen molar-refractivity contribution < 1.29 is 9.84 Å². The van der Waals surface area contributed by atoms with E-state index in [-0.39, 0.29) is 0 Å². The Morgan fingerprint density at radius 1 is 1.17 bits per heavy atom. The third kappa shape index (κ3) is 4.72. The van der Waals surface area contributed by atoms with Crippen LogP contribution in [0.25, 0.3) is 10.9 Å². The van der Waals surface area contributed by atoms with E-state index in [9.17, 15) is 5.11 Å². The molecule has 2 heterocycles. The monoisotopic (exact) mass is 410 g/mol. The highest BCUT2D eigenvalue weighted by Gasteiger charge is 2.21. The Morgan fingerprint density at radius 3 is 2.69 bits per heavy atom. The first-order valence-electron chi connectivity index (χ1n) is 10.3. The molecule has 1 aliphatic rings. The van der Waals surface area contributed by atoms with Crippen molar-refractivity contribution >= 4 is 22.5 Å². The second-order valence-corrected chi connectivity index (χ2v) is 8.42. The minimum atomic E-state index is -0.579. The van der Waals surface area contributed by atoms with Gasteiger partial charge in [0.2, 0.25) is 5.88 Å². The molecule has 2 N–H and O–H groups in total. The van der Waals surface area contributed by atoms with Crippen molar-refractivity contribution in [2.24, 2.45) is 0 Å². The highest BCUT2D eigenvalue weighted by Crippen LogP contribution is 2.34. The molecule has 1 fully saturated rings. The fraction of sp³-hybridized carbons (Fsp3) is 0.375. The molecule has 2 atom stereocenters. The fourth-order valence-corrected chi connectivity index (χ4v) is 4.28. The molecule has 3 aromatic rings. The van der Waals surface area contributed by atoms with E-state index in [0.717, 1.165) is 40.6 Å². The number of piperidine rings is 1. The predicted molar refractivity (Wildman–Crippen MR) is 118 cm³/mol. The lowest BCUT2D eigenvalue weighted by molar-refractivity contribution is 0.145. The summed E-state index contributed by atoms with van der Waals surface area (Å²) in [6.45, 7) is 5.15. The summed E-state index contributed by atoms with van der Waals surface area (Å²) in [5.41, 5.74) is 3.98. The lowest BCUT2D eigenvalue weighted by atomic mass is 9.93. The fourth-order valence-electron chi connectivity index (χ4n) is 4.15. The van der Waals surface area contributed by atoms with Crippen LogP contribution in [0, 0.1) is 13.8 Å². The van der Waals surface area contributed by atoms with Crippen LogP contribution in [-0.2, 0) is 0 Å². The van der Waals surface area contributed by atoms with Crippen molar-refractivity contribution in [1.82, 2.24) is 10.3 Å². The van der Waals surface area contributed by atoms with Gasteiger partial charge in [0.25, 0.3) is 0 Å². The Balaban J connectivity index is 1.72. The molecule has 2 unspecified atom stereocenters. The normalized spacial score (nSPS) is 18.0. The van der Waals surface area contributed by atoms with E-state index in [4.69, 9.17) is 21.3 Å². The lowest BCUT2D eigenvalue weighted by Crippen LogP contribution is -2.35. The maximum atomic E-state index is 11.1. The number of halogens is 1. The van der Waals surface area contributed by atoms with Crippen LogP contribution in [0.2, 0.25) is 5.02 Å². The number of benzene rings is 2. The van der Waals surface area contributed by atoms with E-state index >= 15 is 0 Å². The Kier molecular flexibility index (Phi) is 6.04. The molecule has 0 radical (unpaired) electrons. The average Bonchev–Trinajstić information content (AvgIpc) is 2.70. The van der Waals surface area contributed by atoms with Crippen LogP contribution in [0.15, 0.2) is 42.5 Å². The van der Waals surface area contributed by atoms with Crippen LogP contribution in [0.1, 0.15) is 48.5 Å². The highest BCUT2D eigenvalue weighted by molar-refractivity contribution is 6.30. The number of rotatable bonds is 5. The SMILES string of the molecule is Cc1cc(C)c2nc(Oc3ccc(Cl)cc3)cc(C(O)CC3CCCCN3)c2c1. The number of hydrogen-bond donors (Lipinski definition) is 2. The highest BCUT2D eigenvalue weighted by atomic mass is 35.5. The summed E-state index contributed by atoms with van der Waals surface area (Å²) in [6, 6.07) is 13.6. The molecule has 5 heteroatoms. The Hall–Kier alpha value is -2.14. The number of aliphatic hydroxyl groups is 1. The Labute approximate surface area is 176 Å². The van der Waals surface area contributed by atoms with E-state index in [1.54, 1.807) is 12.1 Å². The molecule has 0 spiro atoms. The van der Waals surface area contributed by atoms with Gasteiger partial charge in [-0.05, 0) is 81.1 Å². The van der Waals surface area contributed by atoms with Crippen molar-refractivity contribution in [3.05, 3.63) is 64.2 Å². The van der Waals surface area contributed by atoms with Gasteiger partial charge in [-0.2, -0.15) is 0 Å². The molecule has 152 valence electrons. The Bertz CT molecular complexity index is 998. The first-order chi connectivity index (χ1) is 14.0. The largest absolute Gasteiger partial charge is 0.439 e. The molecular formula is C24H27ClN2O2. The van der Waals surface area contributed by atoms with Crippen molar-refractivity contribution in [2.75, 3.05) is 6.54 Å². The summed E-state index contributed by atoms with van der Waals surface area (Å²) in [4.78, 5) is 4.74. The molecule has 4 nitrogen and oxygen atoms in total. The van der Waals surface area contributed by atoms with Gasteiger partial charge in [-0.15, -0.1) is 0 Å². The van der Waals surface area contributed by atoms with Gasteiger partial charge in [-0.3, -0.25) is 0 Å². The van der Waals surface area contributed by atoms with E-state index < -0.39 is 6.10 Å². The van der Waals surface area contributed by atoms with Crippen molar-refractivity contribution in [1.29, 1.82) is 0 Å². The van der Waals surface area contributed by atoms with Gasteiger partial charge in [0.1, 0.15) is 5.75 Å². The van der Waals surface area contributed by atoms with Gasteiger partial charge in [0, 0.05) is 22.5 Å². The number of fused-ring (bicyclic) bond motifs is 1. The summed E-state index contributed by atoms with van der Waals surface area (Å²) in [7, 11) is 0. The summed E-state index contributed by atoms with van der Waals surface area (Å²) in [6.07, 6.45) is 3.64. The lowest BCUT2D eigenvalue weighted by Gasteiger charge is -2.26. The summed E-state index contributed by atoms with van der Waals surface area (Å²) >= 11 is 5.98. The van der Waals surface area contributed by atoms with Crippen molar-refractivity contribution in [2.45, 2.75) is 51.7 Å². The molecule has 0 saturated carbocycles.